The summed E-state index contributed by atoms with van der Waals surface area (Å²) in [4.78, 5) is 0. The molecular weight excluding hydrogens is 214 g/mol. The molecule has 1 unspecified atom stereocenters. The molecule has 0 bridgehead atoms. The van der Waals surface area contributed by atoms with Crippen LogP contribution in [0.4, 0.5) is 0 Å². The molecule has 1 N–H and O–H groups in total. The van der Waals surface area contributed by atoms with Crippen molar-refractivity contribution in [2.24, 2.45) is 0 Å². The van der Waals surface area contributed by atoms with Gasteiger partial charge >= 0.3 is 0 Å². The van der Waals surface area contributed by atoms with E-state index < -0.39 is 0 Å². The van der Waals surface area contributed by atoms with E-state index in [1.807, 2.05) is 24.3 Å². The van der Waals surface area contributed by atoms with Gasteiger partial charge in [0.1, 0.15) is 11.5 Å². The Balaban J connectivity index is 2.21. The van der Waals surface area contributed by atoms with E-state index in [1.165, 1.54) is 0 Å². The van der Waals surface area contributed by atoms with Crippen molar-refractivity contribution >= 4 is 0 Å². The van der Waals surface area contributed by atoms with E-state index in [1.54, 1.807) is 7.11 Å². The maximum atomic E-state index is 5.67. The number of rotatable bonds is 8. The normalized spacial score (nSPS) is 12.2. The van der Waals surface area contributed by atoms with Crippen LogP contribution in [0.1, 0.15) is 26.7 Å². The van der Waals surface area contributed by atoms with Gasteiger partial charge in [-0.1, -0.05) is 13.0 Å². The molecule has 96 valence electrons. The molecule has 17 heavy (non-hydrogen) atoms. The second kappa shape index (κ2) is 7.96. The Morgan fingerprint density at radius 1 is 1.29 bits per heavy atom. The molecule has 0 saturated carbocycles. The Hall–Kier alpha value is -1.22. The average molecular weight is 237 g/mol. The van der Waals surface area contributed by atoms with Gasteiger partial charge in [-0.05, 0) is 38.4 Å². The first-order valence-corrected chi connectivity index (χ1v) is 6.26. The Kier molecular flexibility index (Phi) is 6.48. The van der Waals surface area contributed by atoms with Gasteiger partial charge in [-0.2, -0.15) is 0 Å². The first kappa shape index (κ1) is 13.8. The zero-order valence-electron chi connectivity index (χ0n) is 11.0. The van der Waals surface area contributed by atoms with Crippen molar-refractivity contribution in [1.29, 1.82) is 0 Å². The van der Waals surface area contributed by atoms with Crippen molar-refractivity contribution in [3.8, 4) is 11.5 Å². The number of benzene rings is 1. The molecule has 1 aromatic carbocycles. The number of ether oxygens (including phenoxy) is 2. The van der Waals surface area contributed by atoms with Crippen LogP contribution in [0, 0.1) is 0 Å². The summed E-state index contributed by atoms with van der Waals surface area (Å²) in [6.07, 6.45) is 2.20. The summed E-state index contributed by atoms with van der Waals surface area (Å²) < 4.78 is 10.8. The largest absolute Gasteiger partial charge is 0.497 e. The first-order valence-electron chi connectivity index (χ1n) is 6.26. The summed E-state index contributed by atoms with van der Waals surface area (Å²) in [6.45, 7) is 6.11. The third-order valence-electron chi connectivity index (χ3n) is 2.64. The van der Waals surface area contributed by atoms with Crippen molar-refractivity contribution in [1.82, 2.24) is 5.32 Å². The number of nitrogens with one attached hydrogen (secondary N) is 1. The molecule has 0 fully saturated rings. The first-order chi connectivity index (χ1) is 8.26. The van der Waals surface area contributed by atoms with Crippen molar-refractivity contribution in [3.63, 3.8) is 0 Å². The lowest BCUT2D eigenvalue weighted by atomic mass is 10.2. The van der Waals surface area contributed by atoms with Crippen molar-refractivity contribution in [2.75, 3.05) is 20.3 Å². The molecule has 0 spiro atoms. The highest BCUT2D eigenvalue weighted by atomic mass is 16.5. The third kappa shape index (κ3) is 5.59. The fraction of sp³-hybridized carbons (Fsp3) is 0.571. The minimum atomic E-state index is 0.564. The van der Waals surface area contributed by atoms with Gasteiger partial charge in [-0.15, -0.1) is 0 Å². The van der Waals surface area contributed by atoms with Crippen LogP contribution >= 0.6 is 0 Å². The summed E-state index contributed by atoms with van der Waals surface area (Å²) in [6, 6.07) is 8.29. The summed E-state index contributed by atoms with van der Waals surface area (Å²) >= 11 is 0. The van der Waals surface area contributed by atoms with E-state index in [2.05, 4.69) is 19.2 Å². The molecule has 1 atom stereocenters. The second-order valence-electron chi connectivity index (χ2n) is 4.13. The molecular formula is C14H23NO2. The van der Waals surface area contributed by atoms with Gasteiger partial charge in [0.15, 0.2) is 0 Å². The molecule has 0 radical (unpaired) electrons. The summed E-state index contributed by atoms with van der Waals surface area (Å²) in [7, 11) is 1.66. The fourth-order valence-corrected chi connectivity index (χ4v) is 1.72. The maximum Gasteiger partial charge on any atom is 0.122 e. The Morgan fingerprint density at radius 3 is 2.76 bits per heavy atom. The van der Waals surface area contributed by atoms with Crippen LogP contribution in [0.3, 0.4) is 0 Å². The molecule has 0 heterocycles. The predicted octanol–water partition coefficient (Wildman–Crippen LogP) is 2.85. The summed E-state index contributed by atoms with van der Waals surface area (Å²) in [5.41, 5.74) is 0. The zero-order valence-corrected chi connectivity index (χ0v) is 11.0. The SMILES string of the molecule is CCNC(C)CCCOc1cccc(OC)c1. The molecule has 0 aliphatic rings. The molecule has 3 heteroatoms. The average Bonchev–Trinajstić information content (AvgIpc) is 2.35. The number of hydrogen-bond donors (Lipinski definition) is 1. The van der Waals surface area contributed by atoms with E-state index in [0.717, 1.165) is 37.5 Å². The van der Waals surface area contributed by atoms with Gasteiger partial charge in [0, 0.05) is 12.1 Å². The van der Waals surface area contributed by atoms with E-state index in [-0.39, 0.29) is 0 Å². The van der Waals surface area contributed by atoms with E-state index in [9.17, 15) is 0 Å². The zero-order chi connectivity index (χ0) is 12.5. The summed E-state index contributed by atoms with van der Waals surface area (Å²) in [5, 5.41) is 3.39. The van der Waals surface area contributed by atoms with Gasteiger partial charge in [-0.3, -0.25) is 0 Å². The minimum absolute atomic E-state index is 0.564. The number of methoxy groups -OCH3 is 1. The molecule has 0 saturated heterocycles. The summed E-state index contributed by atoms with van der Waals surface area (Å²) in [5.74, 6) is 1.71. The van der Waals surface area contributed by atoms with Crippen LogP contribution < -0.4 is 14.8 Å². The van der Waals surface area contributed by atoms with Crippen molar-refractivity contribution < 1.29 is 9.47 Å². The number of hydrogen-bond acceptors (Lipinski definition) is 3. The van der Waals surface area contributed by atoms with Crippen LogP contribution in [-0.4, -0.2) is 26.3 Å². The Morgan fingerprint density at radius 2 is 2.06 bits per heavy atom. The van der Waals surface area contributed by atoms with Crippen LogP contribution in [0.15, 0.2) is 24.3 Å². The standard InChI is InChI=1S/C14H23NO2/c1-4-15-12(2)7-6-10-17-14-9-5-8-13(11-14)16-3/h5,8-9,11-12,15H,4,6-7,10H2,1-3H3. The molecule has 0 aromatic heterocycles. The molecule has 0 aliphatic carbocycles. The Labute approximate surface area is 104 Å². The van der Waals surface area contributed by atoms with Gasteiger partial charge in [0.25, 0.3) is 0 Å². The lowest BCUT2D eigenvalue weighted by Gasteiger charge is -2.12. The topological polar surface area (TPSA) is 30.5 Å². The highest BCUT2D eigenvalue weighted by molar-refractivity contribution is 5.32. The smallest absolute Gasteiger partial charge is 0.122 e. The van der Waals surface area contributed by atoms with E-state index >= 15 is 0 Å². The highest BCUT2D eigenvalue weighted by Gasteiger charge is 2.00. The van der Waals surface area contributed by atoms with Crippen LogP contribution in [0.5, 0.6) is 11.5 Å². The van der Waals surface area contributed by atoms with Gasteiger partial charge in [0.2, 0.25) is 0 Å². The van der Waals surface area contributed by atoms with Gasteiger partial charge in [-0.25, -0.2) is 0 Å². The maximum absolute atomic E-state index is 5.67. The third-order valence-corrected chi connectivity index (χ3v) is 2.64. The Bertz CT molecular complexity index is 315. The van der Waals surface area contributed by atoms with Crippen LogP contribution in [-0.2, 0) is 0 Å². The monoisotopic (exact) mass is 237 g/mol. The molecule has 1 rings (SSSR count). The van der Waals surface area contributed by atoms with Crippen LogP contribution in [0.2, 0.25) is 0 Å². The van der Waals surface area contributed by atoms with Gasteiger partial charge < -0.3 is 14.8 Å². The highest BCUT2D eigenvalue weighted by Crippen LogP contribution is 2.18. The quantitative estimate of drug-likeness (QED) is 0.705. The van der Waals surface area contributed by atoms with E-state index in [4.69, 9.17) is 9.47 Å². The molecule has 1 aromatic rings. The predicted molar refractivity (Wildman–Crippen MR) is 70.9 cm³/mol. The van der Waals surface area contributed by atoms with Gasteiger partial charge in [0.05, 0.1) is 13.7 Å². The lowest BCUT2D eigenvalue weighted by molar-refractivity contribution is 0.296. The molecule has 0 amide bonds. The molecule has 3 nitrogen and oxygen atoms in total. The van der Waals surface area contributed by atoms with Crippen LogP contribution in [0.25, 0.3) is 0 Å². The second-order valence-corrected chi connectivity index (χ2v) is 4.13. The van der Waals surface area contributed by atoms with Crippen molar-refractivity contribution in [2.45, 2.75) is 32.7 Å². The molecule has 0 aliphatic heterocycles. The lowest BCUT2D eigenvalue weighted by Crippen LogP contribution is -2.25. The fourth-order valence-electron chi connectivity index (χ4n) is 1.72. The minimum Gasteiger partial charge on any atom is -0.497 e. The van der Waals surface area contributed by atoms with Crippen molar-refractivity contribution in [3.05, 3.63) is 24.3 Å². The van der Waals surface area contributed by atoms with E-state index in [0.29, 0.717) is 6.04 Å².